The lowest BCUT2D eigenvalue weighted by atomic mass is 9.99. The number of amides is 1. The number of hydrogen-bond acceptors (Lipinski definition) is 3. The summed E-state index contributed by atoms with van der Waals surface area (Å²) in [6.07, 6.45) is 3.80. The molecule has 0 spiro atoms. The molecule has 1 aromatic carbocycles. The number of aromatic amines is 1. The molecule has 0 saturated carbocycles. The van der Waals surface area contributed by atoms with E-state index in [9.17, 15) is 4.79 Å². The minimum absolute atomic E-state index is 0.114. The number of carbonyl (C=O) groups excluding carboxylic acids is 1. The van der Waals surface area contributed by atoms with Gasteiger partial charge in [-0.15, -0.1) is 0 Å². The summed E-state index contributed by atoms with van der Waals surface area (Å²) in [4.78, 5) is 12.1. The lowest BCUT2D eigenvalue weighted by molar-refractivity contribution is -0.125. The summed E-state index contributed by atoms with van der Waals surface area (Å²) in [5.74, 6) is 0.267. The average Bonchev–Trinajstić information content (AvgIpc) is 3.08. The van der Waals surface area contributed by atoms with Crippen molar-refractivity contribution in [3.05, 3.63) is 42.1 Å². The van der Waals surface area contributed by atoms with Crippen molar-refractivity contribution in [3.8, 4) is 11.3 Å². The van der Waals surface area contributed by atoms with Crippen LogP contribution in [0.5, 0.6) is 0 Å². The van der Waals surface area contributed by atoms with Gasteiger partial charge in [-0.3, -0.25) is 9.89 Å². The summed E-state index contributed by atoms with van der Waals surface area (Å²) in [5.41, 5.74) is 3.20. The van der Waals surface area contributed by atoms with Crippen LogP contribution in [0.3, 0.4) is 0 Å². The number of nitrogens with zero attached hydrogens (tertiary/aromatic N) is 1. The van der Waals surface area contributed by atoms with Gasteiger partial charge in [0.15, 0.2) is 0 Å². The van der Waals surface area contributed by atoms with E-state index >= 15 is 0 Å². The summed E-state index contributed by atoms with van der Waals surface area (Å²) in [7, 11) is 0. The third kappa shape index (κ3) is 3.49. The Bertz CT molecular complexity index is 571. The van der Waals surface area contributed by atoms with Gasteiger partial charge in [0, 0.05) is 19.3 Å². The Labute approximate surface area is 124 Å². The lowest BCUT2D eigenvalue weighted by Gasteiger charge is -2.21. The lowest BCUT2D eigenvalue weighted by Crippen LogP contribution is -2.40. The largest absolute Gasteiger partial charge is 0.352 e. The van der Waals surface area contributed by atoms with E-state index in [1.807, 2.05) is 30.3 Å². The predicted octanol–water partition coefficient (Wildman–Crippen LogP) is 1.69. The Morgan fingerprint density at radius 3 is 2.81 bits per heavy atom. The summed E-state index contributed by atoms with van der Waals surface area (Å²) in [5, 5.41) is 13.2. The molecule has 1 aliphatic rings. The number of rotatable bonds is 4. The van der Waals surface area contributed by atoms with Gasteiger partial charge in [-0.2, -0.15) is 5.10 Å². The molecule has 5 nitrogen and oxygen atoms in total. The zero-order chi connectivity index (χ0) is 14.5. The molecule has 21 heavy (non-hydrogen) atoms. The van der Waals surface area contributed by atoms with Crippen molar-refractivity contribution in [2.24, 2.45) is 5.92 Å². The highest BCUT2D eigenvalue weighted by molar-refractivity contribution is 5.79. The number of carbonyl (C=O) groups is 1. The van der Waals surface area contributed by atoms with E-state index in [4.69, 9.17) is 0 Å². The van der Waals surface area contributed by atoms with Gasteiger partial charge >= 0.3 is 0 Å². The van der Waals surface area contributed by atoms with Crippen molar-refractivity contribution in [1.82, 2.24) is 20.8 Å². The van der Waals surface area contributed by atoms with Crippen LogP contribution in [-0.2, 0) is 11.3 Å². The van der Waals surface area contributed by atoms with Crippen molar-refractivity contribution in [2.45, 2.75) is 19.4 Å². The zero-order valence-corrected chi connectivity index (χ0v) is 11.9. The Morgan fingerprint density at radius 2 is 2.14 bits per heavy atom. The summed E-state index contributed by atoms with van der Waals surface area (Å²) >= 11 is 0. The highest BCUT2D eigenvalue weighted by atomic mass is 16.1. The third-order valence-electron chi connectivity index (χ3n) is 3.90. The molecule has 2 aromatic rings. The standard InChI is InChI=1S/C16H20N4O/c21-16(14-2-1-8-17-11-14)18-10-12-3-5-13(6-4-12)15-7-9-19-20-15/h3-7,9,14,17H,1-2,8,10-11H2,(H,18,21)(H,19,20)/t14-/m1/s1. The number of hydrogen-bond donors (Lipinski definition) is 3. The van der Waals surface area contributed by atoms with E-state index in [0.717, 1.165) is 42.8 Å². The second-order valence-electron chi connectivity index (χ2n) is 5.43. The van der Waals surface area contributed by atoms with Crippen molar-refractivity contribution >= 4 is 5.91 Å². The predicted molar refractivity (Wildman–Crippen MR) is 81.5 cm³/mol. The Balaban J connectivity index is 1.54. The first-order valence-corrected chi connectivity index (χ1v) is 7.40. The van der Waals surface area contributed by atoms with E-state index in [1.165, 1.54) is 0 Å². The molecule has 1 fully saturated rings. The summed E-state index contributed by atoms with van der Waals surface area (Å²) < 4.78 is 0. The van der Waals surface area contributed by atoms with Gasteiger partial charge in [-0.25, -0.2) is 0 Å². The zero-order valence-electron chi connectivity index (χ0n) is 11.9. The Hall–Kier alpha value is -2.14. The van der Waals surface area contributed by atoms with Crippen LogP contribution in [0.2, 0.25) is 0 Å². The van der Waals surface area contributed by atoms with Crippen LogP contribution in [-0.4, -0.2) is 29.2 Å². The Morgan fingerprint density at radius 1 is 1.29 bits per heavy atom. The number of H-pyrrole nitrogens is 1. The van der Waals surface area contributed by atoms with Crippen LogP contribution >= 0.6 is 0 Å². The molecule has 2 heterocycles. The van der Waals surface area contributed by atoms with Gasteiger partial charge in [0.1, 0.15) is 0 Å². The van der Waals surface area contributed by atoms with Crippen LogP contribution < -0.4 is 10.6 Å². The molecule has 1 saturated heterocycles. The first-order chi connectivity index (χ1) is 10.3. The van der Waals surface area contributed by atoms with Gasteiger partial charge in [-0.05, 0) is 36.6 Å². The van der Waals surface area contributed by atoms with Crippen LogP contribution in [0.25, 0.3) is 11.3 Å². The second kappa shape index (κ2) is 6.54. The van der Waals surface area contributed by atoms with Crippen LogP contribution in [0.15, 0.2) is 36.5 Å². The SMILES string of the molecule is O=C(NCc1ccc(-c2ccn[nH]2)cc1)[C@@H]1CCCNC1. The average molecular weight is 284 g/mol. The van der Waals surface area contributed by atoms with Crippen LogP contribution in [0.4, 0.5) is 0 Å². The van der Waals surface area contributed by atoms with Gasteiger partial charge in [0.2, 0.25) is 5.91 Å². The Kier molecular flexibility index (Phi) is 4.31. The molecular weight excluding hydrogens is 264 g/mol. The van der Waals surface area contributed by atoms with Crippen molar-refractivity contribution in [3.63, 3.8) is 0 Å². The molecule has 110 valence electrons. The minimum Gasteiger partial charge on any atom is -0.352 e. The van der Waals surface area contributed by atoms with Crippen LogP contribution in [0, 0.1) is 5.92 Å². The fourth-order valence-corrected chi connectivity index (χ4v) is 2.63. The fourth-order valence-electron chi connectivity index (χ4n) is 2.63. The van der Waals surface area contributed by atoms with Crippen molar-refractivity contribution in [1.29, 1.82) is 0 Å². The maximum absolute atomic E-state index is 12.1. The van der Waals surface area contributed by atoms with Crippen molar-refractivity contribution in [2.75, 3.05) is 13.1 Å². The maximum Gasteiger partial charge on any atom is 0.224 e. The van der Waals surface area contributed by atoms with Gasteiger partial charge in [0.05, 0.1) is 11.6 Å². The molecule has 0 bridgehead atoms. The second-order valence-corrected chi connectivity index (χ2v) is 5.43. The first-order valence-electron chi connectivity index (χ1n) is 7.40. The first kappa shape index (κ1) is 13.8. The van der Waals surface area contributed by atoms with Gasteiger partial charge < -0.3 is 10.6 Å². The monoisotopic (exact) mass is 284 g/mol. The highest BCUT2D eigenvalue weighted by Gasteiger charge is 2.20. The van der Waals surface area contributed by atoms with Gasteiger partial charge in [-0.1, -0.05) is 24.3 Å². The number of aromatic nitrogens is 2. The van der Waals surface area contributed by atoms with Crippen LogP contribution in [0.1, 0.15) is 18.4 Å². The summed E-state index contributed by atoms with van der Waals surface area (Å²) in [6.45, 7) is 2.40. The fraction of sp³-hybridized carbons (Fsp3) is 0.375. The molecule has 0 aliphatic carbocycles. The number of piperidine rings is 1. The smallest absolute Gasteiger partial charge is 0.224 e. The molecule has 0 unspecified atom stereocenters. The van der Waals surface area contributed by atoms with Gasteiger partial charge in [0.25, 0.3) is 0 Å². The molecule has 0 radical (unpaired) electrons. The van der Waals surface area contributed by atoms with E-state index in [2.05, 4.69) is 20.8 Å². The maximum atomic E-state index is 12.1. The number of nitrogens with one attached hydrogen (secondary N) is 3. The molecule has 3 rings (SSSR count). The molecule has 1 atom stereocenters. The molecule has 5 heteroatoms. The molecule has 1 aliphatic heterocycles. The number of benzene rings is 1. The third-order valence-corrected chi connectivity index (χ3v) is 3.90. The molecule has 1 amide bonds. The normalized spacial score (nSPS) is 18.4. The highest BCUT2D eigenvalue weighted by Crippen LogP contribution is 2.16. The molecular formula is C16H20N4O. The quantitative estimate of drug-likeness (QED) is 0.800. The van der Waals surface area contributed by atoms with E-state index in [-0.39, 0.29) is 11.8 Å². The molecule has 3 N–H and O–H groups in total. The topological polar surface area (TPSA) is 69.8 Å². The van der Waals surface area contributed by atoms with E-state index in [1.54, 1.807) is 6.20 Å². The van der Waals surface area contributed by atoms with E-state index in [0.29, 0.717) is 6.54 Å². The van der Waals surface area contributed by atoms with Crippen molar-refractivity contribution < 1.29 is 4.79 Å². The van der Waals surface area contributed by atoms with E-state index < -0.39 is 0 Å². The summed E-state index contributed by atoms with van der Waals surface area (Å²) in [6, 6.07) is 10.1. The minimum atomic E-state index is 0.114. The molecule has 1 aromatic heterocycles.